The number of amides is 1. The first-order valence-electron chi connectivity index (χ1n) is 19.1. The molecule has 3 aliphatic heterocycles. The molecule has 1 saturated carbocycles. The lowest BCUT2D eigenvalue weighted by Crippen LogP contribution is -2.69. The number of carbonyl (C=O) groups excluding carboxylic acids is 1. The molecule has 54 heavy (non-hydrogen) atoms. The van der Waals surface area contributed by atoms with Crippen LogP contribution in [0.15, 0.2) is 36.7 Å². The Morgan fingerprint density at radius 3 is 2.43 bits per heavy atom. The second-order valence-electron chi connectivity index (χ2n) is 15.5. The summed E-state index contributed by atoms with van der Waals surface area (Å²) in [5, 5.41) is 26.6. The lowest BCUT2D eigenvalue weighted by Gasteiger charge is -2.59. The minimum atomic E-state index is -2.67. The molecule has 13 nitrogen and oxygen atoms in total. The molecule has 0 atom stereocenters. The summed E-state index contributed by atoms with van der Waals surface area (Å²) < 4.78 is 33.3. The molecule has 6 heterocycles. The molecule has 2 saturated heterocycles. The van der Waals surface area contributed by atoms with Crippen LogP contribution in [0.1, 0.15) is 91.8 Å². The maximum absolute atomic E-state index is 14.7. The molecule has 1 aliphatic carbocycles. The van der Waals surface area contributed by atoms with Gasteiger partial charge in [0.2, 0.25) is 5.91 Å². The zero-order valence-electron chi connectivity index (χ0n) is 31.4. The number of nitrogens with zero attached hydrogens (tertiary/aromatic N) is 10. The molecule has 286 valence electrons. The molecule has 1 spiro atoms. The topological polar surface area (TPSA) is 129 Å². The fourth-order valence-corrected chi connectivity index (χ4v) is 9.16. The van der Waals surface area contributed by atoms with Crippen molar-refractivity contribution in [2.24, 2.45) is 12.5 Å². The summed E-state index contributed by atoms with van der Waals surface area (Å²) in [5.74, 6) is 0.412. The number of alkyl halides is 2. The van der Waals surface area contributed by atoms with Crippen molar-refractivity contribution in [3.05, 3.63) is 64.7 Å². The molecule has 0 radical (unpaired) electrons. The standard InChI is InChI=1S/C39H48F2N10O3/c1-5-25-15-29(26-17-42-46(4)18-26)30(36(40)41)16-34(25)50(6-2)37-31-21-47(24(3)52)14-11-33(31)51(45-37)27-9-12-39(13-10-27)22-49(23-39)28-19-48(20-28)35-8-7-32(38(53)54)43-44-35/h7-8,15-18,27-28,36H,5-6,9-14,19-23H2,1-4H3,(H,53,54). The van der Waals surface area contributed by atoms with Gasteiger partial charge in [-0.15, -0.1) is 10.2 Å². The van der Waals surface area contributed by atoms with Crippen molar-refractivity contribution in [2.45, 2.75) is 84.4 Å². The number of aromatic carboxylic acids is 1. The van der Waals surface area contributed by atoms with Crippen LogP contribution in [0.3, 0.4) is 0 Å². The number of carboxylic acids is 1. The first-order valence-corrected chi connectivity index (χ1v) is 19.1. The third kappa shape index (κ3) is 6.39. The highest BCUT2D eigenvalue weighted by Crippen LogP contribution is 2.49. The van der Waals surface area contributed by atoms with E-state index in [-0.39, 0.29) is 23.2 Å². The van der Waals surface area contributed by atoms with Crippen molar-refractivity contribution < 1.29 is 23.5 Å². The summed E-state index contributed by atoms with van der Waals surface area (Å²) in [4.78, 5) is 32.4. The van der Waals surface area contributed by atoms with E-state index >= 15 is 0 Å². The van der Waals surface area contributed by atoms with Crippen LogP contribution >= 0.6 is 0 Å². The van der Waals surface area contributed by atoms with Gasteiger partial charge < -0.3 is 19.8 Å². The maximum Gasteiger partial charge on any atom is 0.356 e. The minimum absolute atomic E-state index is 0.0187. The van der Waals surface area contributed by atoms with Gasteiger partial charge in [0.05, 0.1) is 18.8 Å². The molecular weight excluding hydrogens is 694 g/mol. The monoisotopic (exact) mass is 742 g/mol. The van der Waals surface area contributed by atoms with E-state index in [1.165, 1.54) is 6.07 Å². The van der Waals surface area contributed by atoms with E-state index in [2.05, 4.69) is 34.7 Å². The van der Waals surface area contributed by atoms with E-state index < -0.39 is 12.4 Å². The smallest absolute Gasteiger partial charge is 0.356 e. The Hall–Kier alpha value is -4.92. The third-order valence-corrected chi connectivity index (χ3v) is 12.3. The number of benzene rings is 1. The Labute approximate surface area is 313 Å². The molecule has 3 aromatic heterocycles. The summed E-state index contributed by atoms with van der Waals surface area (Å²) in [6, 6.07) is 7.44. The Bertz CT molecular complexity index is 2040. The number of anilines is 3. The zero-order valence-corrected chi connectivity index (χ0v) is 31.4. The zero-order chi connectivity index (χ0) is 37.9. The molecule has 1 aromatic carbocycles. The van der Waals surface area contributed by atoms with Gasteiger partial charge in [0, 0.05) is 100.0 Å². The van der Waals surface area contributed by atoms with E-state index in [1.54, 1.807) is 43.2 Å². The van der Waals surface area contributed by atoms with E-state index in [0.717, 1.165) is 80.2 Å². The number of halogens is 2. The predicted octanol–water partition coefficient (Wildman–Crippen LogP) is 5.64. The highest BCUT2D eigenvalue weighted by atomic mass is 19.3. The summed E-state index contributed by atoms with van der Waals surface area (Å²) in [7, 11) is 1.78. The number of hydrogen-bond acceptors (Lipinski definition) is 9. The number of carbonyl (C=O) groups is 2. The van der Waals surface area contributed by atoms with Gasteiger partial charge in [-0.1, -0.05) is 6.92 Å². The molecule has 4 aliphatic rings. The first kappa shape index (κ1) is 36.1. The molecule has 8 rings (SSSR count). The van der Waals surface area contributed by atoms with Crippen LogP contribution in [0.2, 0.25) is 0 Å². The van der Waals surface area contributed by atoms with Crippen LogP contribution in [0, 0.1) is 5.41 Å². The number of aryl methyl sites for hydroxylation is 2. The van der Waals surface area contributed by atoms with Crippen LogP contribution in [0.25, 0.3) is 11.1 Å². The van der Waals surface area contributed by atoms with Crippen LogP contribution in [-0.4, -0.2) is 102 Å². The van der Waals surface area contributed by atoms with Gasteiger partial charge in [0.1, 0.15) is 0 Å². The fourth-order valence-electron chi connectivity index (χ4n) is 9.16. The molecule has 3 fully saturated rings. The van der Waals surface area contributed by atoms with Gasteiger partial charge in [0.25, 0.3) is 6.43 Å². The number of rotatable bonds is 10. The van der Waals surface area contributed by atoms with Crippen molar-refractivity contribution in [2.75, 3.05) is 49.1 Å². The Kier molecular flexibility index (Phi) is 9.39. The van der Waals surface area contributed by atoms with Crippen molar-refractivity contribution in [1.82, 2.24) is 39.6 Å². The maximum atomic E-state index is 14.7. The SMILES string of the molecule is CCc1cc(-c2cnn(C)c2)c(C(F)F)cc1N(CC)c1nn(C2CCC3(CC2)CN(C2CN(c4ccc(C(=O)O)nn4)C2)C3)c2c1CN(C(C)=O)CC2. The summed E-state index contributed by atoms with van der Waals surface area (Å²) >= 11 is 0. The van der Waals surface area contributed by atoms with Crippen LogP contribution in [0.5, 0.6) is 0 Å². The predicted molar refractivity (Wildman–Crippen MR) is 199 cm³/mol. The molecule has 1 N–H and O–H groups in total. The van der Waals surface area contributed by atoms with E-state index in [1.807, 2.05) is 24.8 Å². The van der Waals surface area contributed by atoms with Crippen LogP contribution in [-0.2, 0) is 31.2 Å². The van der Waals surface area contributed by atoms with Crippen molar-refractivity contribution >= 4 is 29.2 Å². The highest BCUT2D eigenvalue weighted by Gasteiger charge is 2.50. The van der Waals surface area contributed by atoms with E-state index in [4.69, 9.17) is 10.2 Å². The van der Waals surface area contributed by atoms with Gasteiger partial charge >= 0.3 is 5.97 Å². The van der Waals surface area contributed by atoms with Gasteiger partial charge in [-0.05, 0) is 79.8 Å². The van der Waals surface area contributed by atoms with Crippen LogP contribution in [0.4, 0.5) is 26.1 Å². The van der Waals surface area contributed by atoms with Gasteiger partial charge in [-0.3, -0.25) is 19.1 Å². The van der Waals surface area contributed by atoms with Gasteiger partial charge in [-0.25, -0.2) is 13.6 Å². The fraction of sp³-hybridized carbons (Fsp3) is 0.538. The van der Waals surface area contributed by atoms with E-state index in [0.29, 0.717) is 60.9 Å². The first-order chi connectivity index (χ1) is 26.0. The largest absolute Gasteiger partial charge is 0.476 e. The molecule has 0 bridgehead atoms. The lowest BCUT2D eigenvalue weighted by molar-refractivity contribution is -0.129. The van der Waals surface area contributed by atoms with Crippen molar-refractivity contribution in [3.8, 4) is 11.1 Å². The Balaban J connectivity index is 1.01. The summed E-state index contributed by atoms with van der Waals surface area (Å²) in [6.07, 6.45) is 6.34. The highest BCUT2D eigenvalue weighted by molar-refractivity contribution is 5.85. The second-order valence-corrected chi connectivity index (χ2v) is 15.5. The normalized spacial score (nSPS) is 18.9. The second kappa shape index (κ2) is 14.1. The Morgan fingerprint density at radius 1 is 1.07 bits per heavy atom. The average molecular weight is 743 g/mol. The quantitative estimate of drug-likeness (QED) is 0.218. The summed E-state index contributed by atoms with van der Waals surface area (Å²) in [5.41, 5.74) is 5.23. The molecule has 0 unspecified atom stereocenters. The van der Waals surface area contributed by atoms with E-state index in [9.17, 15) is 18.4 Å². The lowest BCUT2D eigenvalue weighted by atomic mass is 9.66. The summed E-state index contributed by atoms with van der Waals surface area (Å²) in [6.45, 7) is 11.2. The molecule has 4 aromatic rings. The van der Waals surface area contributed by atoms with Gasteiger partial charge in [-0.2, -0.15) is 10.2 Å². The molecule has 1 amide bonds. The third-order valence-electron chi connectivity index (χ3n) is 12.3. The van der Waals surface area contributed by atoms with Crippen LogP contribution < -0.4 is 9.80 Å². The number of aromatic nitrogens is 6. The van der Waals surface area contributed by atoms with Crippen molar-refractivity contribution in [1.29, 1.82) is 0 Å². The Morgan fingerprint density at radius 2 is 1.83 bits per heavy atom. The number of carboxylic acid groups (broad SMARTS) is 1. The number of likely N-dealkylation sites (tertiary alicyclic amines) is 1. The van der Waals surface area contributed by atoms with Crippen molar-refractivity contribution in [3.63, 3.8) is 0 Å². The van der Waals surface area contributed by atoms with Gasteiger partial charge in [0.15, 0.2) is 17.3 Å². The average Bonchev–Trinajstić information content (AvgIpc) is 3.74. The molecule has 15 heteroatoms. The number of hydrogen-bond donors (Lipinski definition) is 1. The molecular formula is C39H48F2N10O3. The minimum Gasteiger partial charge on any atom is -0.476 e. The number of fused-ring (bicyclic) bond motifs is 1.